The molecule has 0 heterocycles. The molecule has 0 amide bonds. The van der Waals surface area contributed by atoms with Crippen LogP contribution in [0.2, 0.25) is 0 Å². The first-order valence-corrected chi connectivity index (χ1v) is 13.7. The van der Waals surface area contributed by atoms with E-state index >= 15 is 0 Å². The third-order valence-electron chi connectivity index (χ3n) is 8.78. The minimum atomic E-state index is -1.20. The van der Waals surface area contributed by atoms with Crippen LogP contribution in [0.4, 0.5) is 17.6 Å². The quantitative estimate of drug-likeness (QED) is 0.299. The molecule has 3 atom stereocenters. The zero-order valence-corrected chi connectivity index (χ0v) is 21.7. The second-order valence-electron chi connectivity index (χ2n) is 11.0. The van der Waals surface area contributed by atoms with Crippen LogP contribution in [0.5, 0.6) is 5.75 Å². The SMILES string of the molecule is CCOc1ccc(C2CCC(C(=O)OC3CCC(C4CCC(C(C)O)CC4)C(F)=C3F)CC2)c(F)c1F. The highest BCUT2D eigenvalue weighted by molar-refractivity contribution is 5.73. The van der Waals surface area contributed by atoms with Crippen molar-refractivity contribution in [2.24, 2.45) is 23.7 Å². The average Bonchev–Trinajstić information content (AvgIpc) is 2.90. The first-order valence-electron chi connectivity index (χ1n) is 13.7. The van der Waals surface area contributed by atoms with Crippen molar-refractivity contribution in [3.8, 4) is 5.75 Å². The van der Waals surface area contributed by atoms with Crippen molar-refractivity contribution < 1.29 is 36.9 Å². The standard InChI is InChI=1S/C29H38F4O4/c1-3-36-23-14-12-21(25(30)27(23)32)19-8-10-20(11-9-19)29(35)37-24-15-13-22(26(31)28(24)33)18-6-4-17(5-7-18)16(2)34/h12,14,16-20,22,24,34H,3-11,13,15H2,1-2H3. The molecule has 0 bridgehead atoms. The van der Waals surface area contributed by atoms with Crippen molar-refractivity contribution in [2.75, 3.05) is 6.61 Å². The molecular weight excluding hydrogens is 488 g/mol. The summed E-state index contributed by atoms with van der Waals surface area (Å²) in [5, 5.41) is 9.79. The zero-order chi connectivity index (χ0) is 26.7. The van der Waals surface area contributed by atoms with E-state index in [2.05, 4.69) is 0 Å². The van der Waals surface area contributed by atoms with Gasteiger partial charge in [-0.1, -0.05) is 6.07 Å². The molecule has 0 spiro atoms. The lowest BCUT2D eigenvalue weighted by Crippen LogP contribution is -2.33. The van der Waals surface area contributed by atoms with Gasteiger partial charge in [0.05, 0.1) is 18.6 Å². The van der Waals surface area contributed by atoms with Gasteiger partial charge < -0.3 is 14.6 Å². The van der Waals surface area contributed by atoms with Crippen LogP contribution in [0.1, 0.15) is 89.5 Å². The molecule has 1 N–H and O–H groups in total. The van der Waals surface area contributed by atoms with E-state index in [9.17, 15) is 27.5 Å². The summed E-state index contributed by atoms with van der Waals surface area (Å²) in [6.07, 6.45) is 3.98. The molecule has 2 saturated carbocycles. The monoisotopic (exact) mass is 526 g/mol. The Morgan fingerprint density at radius 2 is 1.59 bits per heavy atom. The molecule has 4 nitrogen and oxygen atoms in total. The van der Waals surface area contributed by atoms with Crippen LogP contribution >= 0.6 is 0 Å². The highest BCUT2D eigenvalue weighted by atomic mass is 19.2. The Balaban J connectivity index is 1.30. The number of carbonyl (C=O) groups excluding carboxylic acids is 1. The summed E-state index contributed by atoms with van der Waals surface area (Å²) < 4.78 is 69.3. The summed E-state index contributed by atoms with van der Waals surface area (Å²) in [6.45, 7) is 3.70. The smallest absolute Gasteiger partial charge is 0.309 e. The summed E-state index contributed by atoms with van der Waals surface area (Å²) in [5.74, 6) is -5.31. The second kappa shape index (κ2) is 12.2. The lowest BCUT2D eigenvalue weighted by atomic mass is 9.71. The number of hydrogen-bond donors (Lipinski definition) is 1. The summed E-state index contributed by atoms with van der Waals surface area (Å²) in [4.78, 5) is 12.8. The number of rotatable bonds is 7. The molecule has 3 aliphatic carbocycles. The zero-order valence-electron chi connectivity index (χ0n) is 21.7. The summed E-state index contributed by atoms with van der Waals surface area (Å²) in [5.41, 5.74) is 0.268. The largest absolute Gasteiger partial charge is 0.491 e. The van der Waals surface area contributed by atoms with E-state index in [0.717, 1.165) is 25.7 Å². The van der Waals surface area contributed by atoms with Crippen LogP contribution in [0.25, 0.3) is 0 Å². The fourth-order valence-electron chi connectivity index (χ4n) is 6.50. The lowest BCUT2D eigenvalue weighted by Gasteiger charge is -2.37. The number of aliphatic hydroxyl groups excluding tert-OH is 1. The third-order valence-corrected chi connectivity index (χ3v) is 8.78. The van der Waals surface area contributed by atoms with Crippen molar-refractivity contribution in [2.45, 2.75) is 96.2 Å². The minimum absolute atomic E-state index is 0.0421. The van der Waals surface area contributed by atoms with Crippen molar-refractivity contribution >= 4 is 5.97 Å². The van der Waals surface area contributed by atoms with Gasteiger partial charge in [-0.15, -0.1) is 0 Å². The maximum Gasteiger partial charge on any atom is 0.309 e. The highest BCUT2D eigenvalue weighted by Gasteiger charge is 2.40. The van der Waals surface area contributed by atoms with Gasteiger partial charge in [0, 0.05) is 5.92 Å². The van der Waals surface area contributed by atoms with E-state index < -0.39 is 47.2 Å². The first-order chi connectivity index (χ1) is 17.7. The van der Waals surface area contributed by atoms with Gasteiger partial charge in [0.2, 0.25) is 5.82 Å². The number of esters is 1. The predicted molar refractivity (Wildman–Crippen MR) is 131 cm³/mol. The predicted octanol–water partition coefficient (Wildman–Crippen LogP) is 7.30. The number of halogens is 4. The molecule has 3 aliphatic rings. The summed E-state index contributed by atoms with van der Waals surface area (Å²) in [7, 11) is 0. The normalized spacial score (nSPS) is 31.6. The number of benzene rings is 1. The number of ether oxygens (including phenoxy) is 2. The summed E-state index contributed by atoms with van der Waals surface area (Å²) in [6, 6.07) is 2.96. The Morgan fingerprint density at radius 3 is 2.22 bits per heavy atom. The Kier molecular flexibility index (Phi) is 9.20. The molecule has 2 fully saturated rings. The fraction of sp³-hybridized carbons (Fsp3) is 0.690. The van der Waals surface area contributed by atoms with Gasteiger partial charge in [0.1, 0.15) is 5.83 Å². The van der Waals surface area contributed by atoms with Gasteiger partial charge in [-0.05, 0) is 107 Å². The van der Waals surface area contributed by atoms with Crippen LogP contribution in [0, 0.1) is 35.3 Å². The molecule has 4 rings (SSSR count). The van der Waals surface area contributed by atoms with E-state index in [1.54, 1.807) is 13.8 Å². The molecule has 206 valence electrons. The van der Waals surface area contributed by atoms with E-state index in [0.29, 0.717) is 32.1 Å². The van der Waals surface area contributed by atoms with E-state index in [1.165, 1.54) is 12.1 Å². The maximum atomic E-state index is 15.0. The van der Waals surface area contributed by atoms with E-state index in [-0.39, 0.29) is 48.2 Å². The molecule has 1 aromatic rings. The molecule has 0 saturated heterocycles. The Labute approximate surface area is 216 Å². The number of carbonyl (C=O) groups is 1. The molecule has 8 heteroatoms. The number of aliphatic hydroxyl groups is 1. The lowest BCUT2D eigenvalue weighted by molar-refractivity contribution is -0.155. The van der Waals surface area contributed by atoms with Crippen LogP contribution < -0.4 is 4.74 Å². The van der Waals surface area contributed by atoms with Crippen LogP contribution in [-0.4, -0.2) is 29.9 Å². The topological polar surface area (TPSA) is 55.8 Å². The van der Waals surface area contributed by atoms with Crippen molar-refractivity contribution in [3.05, 3.63) is 41.0 Å². The number of allylic oxidation sites excluding steroid dienone is 1. The van der Waals surface area contributed by atoms with Crippen LogP contribution in [0.3, 0.4) is 0 Å². The second-order valence-corrected chi connectivity index (χ2v) is 11.0. The Bertz CT molecular complexity index is 978. The third kappa shape index (κ3) is 6.15. The Hall–Kier alpha value is -2.09. The molecule has 37 heavy (non-hydrogen) atoms. The van der Waals surface area contributed by atoms with Crippen molar-refractivity contribution in [1.82, 2.24) is 0 Å². The highest BCUT2D eigenvalue weighted by Crippen LogP contribution is 2.45. The van der Waals surface area contributed by atoms with Gasteiger partial charge in [-0.25, -0.2) is 13.2 Å². The van der Waals surface area contributed by atoms with Crippen molar-refractivity contribution in [1.29, 1.82) is 0 Å². The summed E-state index contributed by atoms with van der Waals surface area (Å²) >= 11 is 0. The number of hydrogen-bond acceptors (Lipinski definition) is 4. The molecule has 1 aromatic carbocycles. The molecular formula is C29H38F4O4. The van der Waals surface area contributed by atoms with Gasteiger partial charge in [0.25, 0.3) is 0 Å². The van der Waals surface area contributed by atoms with Crippen LogP contribution in [0.15, 0.2) is 23.8 Å². The molecule has 0 aliphatic heterocycles. The fourth-order valence-corrected chi connectivity index (χ4v) is 6.50. The Morgan fingerprint density at radius 1 is 0.919 bits per heavy atom. The molecule has 0 radical (unpaired) electrons. The van der Waals surface area contributed by atoms with Gasteiger partial charge in [-0.3, -0.25) is 4.79 Å². The minimum Gasteiger partial charge on any atom is -0.491 e. The van der Waals surface area contributed by atoms with Crippen molar-refractivity contribution in [3.63, 3.8) is 0 Å². The molecule has 0 aromatic heterocycles. The first kappa shape index (κ1) is 27.9. The van der Waals surface area contributed by atoms with E-state index in [1.807, 2.05) is 0 Å². The van der Waals surface area contributed by atoms with E-state index in [4.69, 9.17) is 9.47 Å². The maximum absolute atomic E-state index is 15.0. The average molecular weight is 527 g/mol. The van der Waals surface area contributed by atoms with Crippen LogP contribution in [-0.2, 0) is 9.53 Å². The van der Waals surface area contributed by atoms with Gasteiger partial charge in [-0.2, -0.15) is 4.39 Å². The molecule has 3 unspecified atom stereocenters. The van der Waals surface area contributed by atoms with Gasteiger partial charge >= 0.3 is 5.97 Å². The van der Waals surface area contributed by atoms with Gasteiger partial charge in [0.15, 0.2) is 23.5 Å².